The van der Waals surface area contributed by atoms with Crippen molar-refractivity contribution in [1.82, 2.24) is 9.55 Å². The SMILES string of the molecule is FC(F)Oc1ccccc1C1=CC(c2ccc(Cl)cc2)n2c(nc3ccccc32)N1. The number of para-hydroxylation sites is 3. The number of aromatic nitrogens is 2. The monoisotopic (exact) mass is 423 g/mol. The molecule has 0 bridgehead atoms. The number of nitrogens with one attached hydrogen (secondary N) is 1. The maximum atomic E-state index is 12.9. The van der Waals surface area contributed by atoms with Crippen molar-refractivity contribution >= 4 is 34.3 Å². The van der Waals surface area contributed by atoms with E-state index in [9.17, 15) is 8.78 Å². The lowest BCUT2D eigenvalue weighted by molar-refractivity contribution is -0.0500. The molecule has 1 aromatic heterocycles. The third-order valence-corrected chi connectivity index (χ3v) is 5.30. The van der Waals surface area contributed by atoms with Gasteiger partial charge in [0.05, 0.1) is 22.8 Å². The number of hydrogen-bond donors (Lipinski definition) is 1. The Labute approximate surface area is 176 Å². The van der Waals surface area contributed by atoms with Gasteiger partial charge in [0.2, 0.25) is 5.95 Å². The van der Waals surface area contributed by atoms with E-state index in [2.05, 4.69) is 9.88 Å². The summed E-state index contributed by atoms with van der Waals surface area (Å²) in [6, 6.07) is 21.9. The lowest BCUT2D eigenvalue weighted by Gasteiger charge is -2.27. The number of allylic oxidation sites excluding steroid dienone is 1. The van der Waals surface area contributed by atoms with Crippen molar-refractivity contribution in [2.75, 3.05) is 5.32 Å². The van der Waals surface area contributed by atoms with Gasteiger partial charge in [-0.2, -0.15) is 8.78 Å². The minimum Gasteiger partial charge on any atom is -0.434 e. The minimum absolute atomic E-state index is 0.102. The Hall–Kier alpha value is -3.38. The van der Waals surface area contributed by atoms with Crippen LogP contribution in [0.2, 0.25) is 5.02 Å². The maximum Gasteiger partial charge on any atom is 0.387 e. The van der Waals surface area contributed by atoms with Gasteiger partial charge >= 0.3 is 6.61 Å². The van der Waals surface area contributed by atoms with Crippen molar-refractivity contribution in [2.24, 2.45) is 0 Å². The third-order valence-electron chi connectivity index (χ3n) is 5.05. The van der Waals surface area contributed by atoms with E-state index in [0.29, 0.717) is 22.2 Å². The van der Waals surface area contributed by atoms with Crippen LogP contribution in [-0.4, -0.2) is 16.2 Å². The Morgan fingerprint density at radius 1 is 0.967 bits per heavy atom. The highest BCUT2D eigenvalue weighted by atomic mass is 35.5. The van der Waals surface area contributed by atoms with Gasteiger partial charge in [0.1, 0.15) is 5.75 Å². The zero-order valence-corrected chi connectivity index (χ0v) is 16.4. The Balaban J connectivity index is 1.69. The molecule has 4 nitrogen and oxygen atoms in total. The fourth-order valence-electron chi connectivity index (χ4n) is 3.76. The number of ether oxygens (including phenoxy) is 1. The van der Waals surface area contributed by atoms with E-state index >= 15 is 0 Å². The molecule has 30 heavy (non-hydrogen) atoms. The number of nitrogens with zero attached hydrogens (tertiary/aromatic N) is 2. The predicted molar refractivity (Wildman–Crippen MR) is 114 cm³/mol. The number of halogens is 3. The van der Waals surface area contributed by atoms with Crippen LogP contribution >= 0.6 is 11.6 Å². The van der Waals surface area contributed by atoms with Gasteiger partial charge in [0.15, 0.2) is 0 Å². The van der Waals surface area contributed by atoms with Crippen LogP contribution in [0.1, 0.15) is 17.2 Å². The van der Waals surface area contributed by atoms with Crippen molar-refractivity contribution in [1.29, 1.82) is 0 Å². The standard InChI is InChI=1S/C23H16ClF2N3O/c24-15-11-9-14(10-12-15)20-13-18(16-5-1-4-8-21(16)30-22(25)26)28-23-27-17-6-2-3-7-19(17)29(20)23/h1-13,20,22H,(H,27,28). The molecule has 0 saturated heterocycles. The van der Waals surface area contributed by atoms with Crippen molar-refractivity contribution in [3.05, 3.63) is 95.0 Å². The molecule has 0 fully saturated rings. The van der Waals surface area contributed by atoms with E-state index < -0.39 is 6.61 Å². The Kier molecular flexibility index (Phi) is 4.64. The van der Waals surface area contributed by atoms with Crippen LogP contribution in [-0.2, 0) is 0 Å². The number of alkyl halides is 2. The van der Waals surface area contributed by atoms with Gasteiger partial charge in [0.25, 0.3) is 0 Å². The molecule has 3 aromatic carbocycles. The van der Waals surface area contributed by atoms with Gasteiger partial charge in [-0.1, -0.05) is 48.0 Å². The second kappa shape index (κ2) is 7.46. The molecule has 0 amide bonds. The van der Waals surface area contributed by atoms with Crippen LogP contribution in [0, 0.1) is 0 Å². The summed E-state index contributed by atoms with van der Waals surface area (Å²) in [5.74, 6) is 0.728. The number of benzene rings is 3. The smallest absolute Gasteiger partial charge is 0.387 e. The van der Waals surface area contributed by atoms with Gasteiger partial charge in [-0.25, -0.2) is 4.98 Å². The quantitative estimate of drug-likeness (QED) is 0.416. The molecule has 1 aliphatic rings. The van der Waals surface area contributed by atoms with Crippen LogP contribution in [0.15, 0.2) is 78.9 Å². The normalized spacial score (nSPS) is 15.6. The molecule has 0 spiro atoms. The molecule has 150 valence electrons. The predicted octanol–water partition coefficient (Wildman–Crippen LogP) is 6.35. The lowest BCUT2D eigenvalue weighted by atomic mass is 10.0. The maximum absolute atomic E-state index is 12.9. The first-order valence-corrected chi connectivity index (χ1v) is 9.73. The first kappa shape index (κ1) is 18.6. The molecular formula is C23H16ClF2N3O. The van der Waals surface area contributed by atoms with E-state index in [1.165, 1.54) is 6.07 Å². The summed E-state index contributed by atoms with van der Waals surface area (Å²) < 4.78 is 32.7. The van der Waals surface area contributed by atoms with E-state index in [-0.39, 0.29) is 11.8 Å². The second-order valence-electron chi connectivity index (χ2n) is 6.87. The number of imidazole rings is 1. The van der Waals surface area contributed by atoms with Crippen molar-refractivity contribution < 1.29 is 13.5 Å². The highest BCUT2D eigenvalue weighted by Gasteiger charge is 2.26. The van der Waals surface area contributed by atoms with Crippen molar-refractivity contribution in [3.8, 4) is 5.75 Å². The molecule has 7 heteroatoms. The Morgan fingerprint density at radius 2 is 1.70 bits per heavy atom. The largest absolute Gasteiger partial charge is 0.434 e. The molecule has 0 aliphatic carbocycles. The minimum atomic E-state index is -2.91. The second-order valence-corrected chi connectivity index (χ2v) is 7.31. The highest BCUT2D eigenvalue weighted by molar-refractivity contribution is 6.30. The first-order chi connectivity index (χ1) is 14.6. The molecule has 0 radical (unpaired) electrons. The molecule has 5 rings (SSSR count). The molecule has 0 saturated carbocycles. The Bertz CT molecular complexity index is 1250. The molecule has 4 aromatic rings. The third kappa shape index (κ3) is 3.29. The summed E-state index contributed by atoms with van der Waals surface area (Å²) in [5.41, 5.74) is 3.98. The average molecular weight is 424 g/mol. The molecule has 1 atom stereocenters. The van der Waals surface area contributed by atoms with E-state index in [1.54, 1.807) is 18.2 Å². The van der Waals surface area contributed by atoms with Gasteiger partial charge in [-0.3, -0.25) is 4.57 Å². The van der Waals surface area contributed by atoms with Crippen LogP contribution < -0.4 is 10.1 Å². The first-order valence-electron chi connectivity index (χ1n) is 9.35. The van der Waals surface area contributed by atoms with Gasteiger partial charge in [-0.15, -0.1) is 0 Å². The molecule has 1 aliphatic heterocycles. The molecule has 1 unspecified atom stereocenters. The van der Waals surface area contributed by atoms with Gasteiger partial charge in [0, 0.05) is 10.6 Å². The summed E-state index contributed by atoms with van der Waals surface area (Å²) in [6.07, 6.45) is 1.98. The molecular weight excluding hydrogens is 408 g/mol. The number of anilines is 1. The fourth-order valence-corrected chi connectivity index (χ4v) is 3.89. The zero-order chi connectivity index (χ0) is 20.7. The average Bonchev–Trinajstić information content (AvgIpc) is 3.12. The topological polar surface area (TPSA) is 39.1 Å². The van der Waals surface area contributed by atoms with Crippen LogP contribution in [0.25, 0.3) is 16.7 Å². The lowest BCUT2D eigenvalue weighted by Crippen LogP contribution is -2.19. The van der Waals surface area contributed by atoms with E-state index in [1.807, 2.05) is 54.6 Å². The number of hydrogen-bond acceptors (Lipinski definition) is 3. The highest BCUT2D eigenvalue weighted by Crippen LogP contribution is 2.39. The van der Waals surface area contributed by atoms with Crippen molar-refractivity contribution in [2.45, 2.75) is 12.7 Å². The van der Waals surface area contributed by atoms with Crippen LogP contribution in [0.5, 0.6) is 5.75 Å². The summed E-state index contributed by atoms with van der Waals surface area (Å²) in [6.45, 7) is -2.91. The summed E-state index contributed by atoms with van der Waals surface area (Å²) in [7, 11) is 0. The van der Waals surface area contributed by atoms with Gasteiger partial charge < -0.3 is 10.1 Å². The van der Waals surface area contributed by atoms with E-state index in [0.717, 1.165) is 16.6 Å². The number of fused-ring (bicyclic) bond motifs is 3. The van der Waals surface area contributed by atoms with Crippen LogP contribution in [0.4, 0.5) is 14.7 Å². The Morgan fingerprint density at radius 3 is 2.50 bits per heavy atom. The zero-order valence-electron chi connectivity index (χ0n) is 15.6. The summed E-state index contributed by atoms with van der Waals surface area (Å²) in [4.78, 5) is 4.71. The fraction of sp³-hybridized carbons (Fsp3) is 0.0870. The molecule has 1 N–H and O–H groups in total. The van der Waals surface area contributed by atoms with Gasteiger partial charge in [-0.05, 0) is 48.0 Å². The molecule has 2 heterocycles. The van der Waals surface area contributed by atoms with Crippen molar-refractivity contribution in [3.63, 3.8) is 0 Å². The number of rotatable bonds is 4. The summed E-state index contributed by atoms with van der Waals surface area (Å²) in [5, 5.41) is 3.93. The van der Waals surface area contributed by atoms with E-state index in [4.69, 9.17) is 21.3 Å². The summed E-state index contributed by atoms with van der Waals surface area (Å²) >= 11 is 6.08. The van der Waals surface area contributed by atoms with Crippen LogP contribution in [0.3, 0.4) is 0 Å².